The van der Waals surface area contributed by atoms with E-state index in [4.69, 9.17) is 20.3 Å². The van der Waals surface area contributed by atoms with Crippen molar-refractivity contribution in [2.45, 2.75) is 77.0 Å². The number of hydrogen-bond donors (Lipinski definition) is 0. The SMILES string of the molecule is C#CC/C=C\C=C\[C@H](CCCC1OCCO1)O[Si](C)(C)C(C)(C)C. The molecule has 0 N–H and O–H groups in total. The molecule has 0 aromatic carbocycles. The first kappa shape index (κ1) is 21.2. The van der Waals surface area contributed by atoms with E-state index in [0.717, 1.165) is 19.3 Å². The predicted molar refractivity (Wildman–Crippen MR) is 103 cm³/mol. The summed E-state index contributed by atoms with van der Waals surface area (Å²) in [5, 5.41) is 0.204. The Labute approximate surface area is 149 Å². The normalized spacial score (nSPS) is 18.5. The van der Waals surface area contributed by atoms with E-state index in [-0.39, 0.29) is 17.4 Å². The zero-order valence-electron chi connectivity index (χ0n) is 16.0. The summed E-state index contributed by atoms with van der Waals surface area (Å²) in [6.45, 7) is 12.8. The number of hydrogen-bond acceptors (Lipinski definition) is 3. The Balaban J connectivity index is 2.58. The van der Waals surface area contributed by atoms with E-state index < -0.39 is 8.32 Å². The maximum atomic E-state index is 6.57. The molecule has 0 unspecified atom stereocenters. The molecule has 136 valence electrons. The highest BCUT2D eigenvalue weighted by Crippen LogP contribution is 2.38. The zero-order valence-corrected chi connectivity index (χ0v) is 17.0. The van der Waals surface area contributed by atoms with Crippen molar-refractivity contribution in [1.29, 1.82) is 0 Å². The van der Waals surface area contributed by atoms with E-state index in [1.807, 2.05) is 12.2 Å². The Hall–Kier alpha value is -0.863. The van der Waals surface area contributed by atoms with Crippen molar-refractivity contribution in [3.05, 3.63) is 24.3 Å². The highest BCUT2D eigenvalue weighted by atomic mass is 28.4. The fourth-order valence-electron chi connectivity index (χ4n) is 2.21. The number of allylic oxidation sites excluding steroid dienone is 3. The molecule has 4 heteroatoms. The third-order valence-corrected chi connectivity index (χ3v) is 9.18. The van der Waals surface area contributed by atoms with Crippen molar-refractivity contribution in [2.75, 3.05) is 13.2 Å². The van der Waals surface area contributed by atoms with E-state index >= 15 is 0 Å². The van der Waals surface area contributed by atoms with Gasteiger partial charge in [-0.3, -0.25) is 0 Å². The van der Waals surface area contributed by atoms with Crippen LogP contribution in [0.4, 0.5) is 0 Å². The summed E-state index contributed by atoms with van der Waals surface area (Å²) >= 11 is 0. The minimum absolute atomic E-state index is 0.0296. The van der Waals surface area contributed by atoms with Gasteiger partial charge in [0, 0.05) is 6.42 Å². The van der Waals surface area contributed by atoms with Crippen molar-refractivity contribution in [3.63, 3.8) is 0 Å². The van der Waals surface area contributed by atoms with E-state index in [1.165, 1.54) is 0 Å². The minimum atomic E-state index is -1.79. The van der Waals surface area contributed by atoms with E-state index in [1.54, 1.807) is 0 Å². The quantitative estimate of drug-likeness (QED) is 0.331. The highest BCUT2D eigenvalue weighted by molar-refractivity contribution is 6.74. The van der Waals surface area contributed by atoms with Crippen LogP contribution in [0.25, 0.3) is 0 Å². The van der Waals surface area contributed by atoms with Crippen molar-refractivity contribution < 1.29 is 13.9 Å². The van der Waals surface area contributed by atoms with Gasteiger partial charge in [0.05, 0.1) is 19.3 Å². The predicted octanol–water partition coefficient (Wildman–Crippen LogP) is 5.06. The van der Waals surface area contributed by atoms with E-state index in [2.05, 4.69) is 51.9 Å². The lowest BCUT2D eigenvalue weighted by Gasteiger charge is -2.38. The number of terminal acetylenes is 1. The Bertz CT molecular complexity index is 448. The first-order valence-electron chi connectivity index (χ1n) is 8.94. The van der Waals surface area contributed by atoms with Crippen molar-refractivity contribution in [1.82, 2.24) is 0 Å². The number of rotatable bonds is 9. The molecule has 0 aliphatic carbocycles. The first-order valence-corrected chi connectivity index (χ1v) is 11.8. The fraction of sp³-hybridized carbons (Fsp3) is 0.700. The summed E-state index contributed by atoms with van der Waals surface area (Å²) in [7, 11) is -1.79. The van der Waals surface area contributed by atoms with Crippen LogP contribution in [0.3, 0.4) is 0 Å². The Morgan fingerprint density at radius 2 is 1.92 bits per heavy atom. The molecule has 1 rings (SSSR count). The summed E-state index contributed by atoms with van der Waals surface area (Å²) in [5.41, 5.74) is 0. The van der Waals surface area contributed by atoms with Crippen LogP contribution in [0.5, 0.6) is 0 Å². The van der Waals surface area contributed by atoms with Crippen LogP contribution >= 0.6 is 0 Å². The van der Waals surface area contributed by atoms with Gasteiger partial charge in [-0.05, 0) is 37.4 Å². The summed E-state index contributed by atoms with van der Waals surface area (Å²) in [6.07, 6.45) is 17.2. The molecule has 1 aliphatic rings. The third kappa shape index (κ3) is 7.81. The van der Waals surface area contributed by atoms with Gasteiger partial charge >= 0.3 is 0 Å². The molecule has 0 radical (unpaired) electrons. The van der Waals surface area contributed by atoms with Gasteiger partial charge in [0.1, 0.15) is 0 Å². The second-order valence-corrected chi connectivity index (χ2v) is 12.5. The average Bonchev–Trinajstić information content (AvgIpc) is 2.98. The topological polar surface area (TPSA) is 27.7 Å². The van der Waals surface area contributed by atoms with Gasteiger partial charge in [0.15, 0.2) is 14.6 Å². The molecule has 1 atom stereocenters. The fourth-order valence-corrected chi connectivity index (χ4v) is 3.52. The van der Waals surface area contributed by atoms with Crippen LogP contribution in [-0.2, 0) is 13.9 Å². The second-order valence-electron chi connectivity index (χ2n) is 7.74. The van der Waals surface area contributed by atoms with Crippen molar-refractivity contribution in [2.24, 2.45) is 0 Å². The molecular formula is C20H34O3Si. The maximum absolute atomic E-state index is 6.57. The van der Waals surface area contributed by atoms with Crippen LogP contribution in [0.1, 0.15) is 46.5 Å². The summed E-state index contributed by atoms with van der Waals surface area (Å²) in [4.78, 5) is 0. The molecule has 1 saturated heterocycles. The highest BCUT2D eigenvalue weighted by Gasteiger charge is 2.38. The monoisotopic (exact) mass is 350 g/mol. The summed E-state index contributed by atoms with van der Waals surface area (Å²) < 4.78 is 17.6. The Morgan fingerprint density at radius 1 is 1.25 bits per heavy atom. The van der Waals surface area contributed by atoms with Crippen LogP contribution in [0.15, 0.2) is 24.3 Å². The smallest absolute Gasteiger partial charge is 0.192 e. The molecule has 3 nitrogen and oxygen atoms in total. The third-order valence-electron chi connectivity index (χ3n) is 4.68. The molecule has 0 saturated carbocycles. The zero-order chi connectivity index (χ0) is 18.1. The van der Waals surface area contributed by atoms with Gasteiger partial charge in [-0.2, -0.15) is 0 Å². The van der Waals surface area contributed by atoms with Crippen molar-refractivity contribution in [3.8, 4) is 12.3 Å². The van der Waals surface area contributed by atoms with Crippen LogP contribution in [0.2, 0.25) is 18.1 Å². The van der Waals surface area contributed by atoms with Crippen LogP contribution in [0, 0.1) is 12.3 Å². The second kappa shape index (κ2) is 10.2. The van der Waals surface area contributed by atoms with Crippen LogP contribution < -0.4 is 0 Å². The molecule has 0 aromatic rings. The lowest BCUT2D eigenvalue weighted by atomic mass is 10.1. The summed E-state index contributed by atoms with van der Waals surface area (Å²) in [5.74, 6) is 2.61. The minimum Gasteiger partial charge on any atom is -0.411 e. The lowest BCUT2D eigenvalue weighted by molar-refractivity contribution is -0.0488. The van der Waals surface area contributed by atoms with Gasteiger partial charge in [-0.15, -0.1) is 12.3 Å². The standard InChI is InChI=1S/C20H34O3Si/c1-7-8-9-10-11-13-18(23-24(5,6)20(2,3)4)14-12-15-19-21-16-17-22-19/h1,9-11,13,18-19H,8,12,14-17H2,2-6H3/b10-9-,13-11+/t18-/m1/s1. The van der Waals surface area contributed by atoms with Gasteiger partial charge < -0.3 is 13.9 Å². The molecule has 1 aliphatic heterocycles. The molecule has 0 amide bonds. The molecule has 1 heterocycles. The largest absolute Gasteiger partial charge is 0.411 e. The first-order chi connectivity index (χ1) is 11.3. The molecule has 0 spiro atoms. The van der Waals surface area contributed by atoms with E-state index in [9.17, 15) is 0 Å². The molecular weight excluding hydrogens is 316 g/mol. The number of ether oxygens (including phenoxy) is 2. The Morgan fingerprint density at radius 3 is 2.50 bits per heavy atom. The lowest BCUT2D eigenvalue weighted by Crippen LogP contribution is -2.43. The van der Waals surface area contributed by atoms with Gasteiger partial charge in [-0.1, -0.05) is 45.1 Å². The van der Waals surface area contributed by atoms with Crippen molar-refractivity contribution >= 4 is 8.32 Å². The molecule has 0 bridgehead atoms. The average molecular weight is 351 g/mol. The molecule has 0 aromatic heterocycles. The molecule has 24 heavy (non-hydrogen) atoms. The van der Waals surface area contributed by atoms with Gasteiger partial charge in [0.25, 0.3) is 0 Å². The van der Waals surface area contributed by atoms with Crippen LogP contribution in [-0.4, -0.2) is 33.9 Å². The van der Waals surface area contributed by atoms with E-state index in [0.29, 0.717) is 19.6 Å². The Kier molecular flexibility index (Phi) is 9.00. The van der Waals surface area contributed by atoms with Gasteiger partial charge in [0.2, 0.25) is 0 Å². The maximum Gasteiger partial charge on any atom is 0.192 e. The van der Waals surface area contributed by atoms with Gasteiger partial charge in [-0.25, -0.2) is 0 Å². The molecule has 1 fully saturated rings. The summed E-state index contributed by atoms with van der Waals surface area (Å²) in [6, 6.07) is 0.